The lowest BCUT2D eigenvalue weighted by molar-refractivity contribution is 0.0938. The first-order valence-corrected chi connectivity index (χ1v) is 9.77. The molecule has 0 radical (unpaired) electrons. The summed E-state index contributed by atoms with van der Waals surface area (Å²) in [6.07, 6.45) is -1.04. The Hall–Kier alpha value is -2.53. The van der Waals surface area contributed by atoms with E-state index in [2.05, 4.69) is 10.3 Å². The molecule has 0 amide bonds. The standard InChI is InChI=1S/C18H21Cl2N5O5/c1-23-15-14(16(28)24(2)18(23)29)25(17(22-15)21-5-6-26)8-11(27)9-30-13-4-3-10(19)7-12(13)20/h3-4,7,11,26-27H,5-6,8-9H2,1-2H3,(H,21,22)/t11-/m1/s1. The van der Waals surface area contributed by atoms with E-state index in [1.165, 1.54) is 29.3 Å². The van der Waals surface area contributed by atoms with Crippen LogP contribution in [-0.2, 0) is 20.6 Å². The summed E-state index contributed by atoms with van der Waals surface area (Å²) in [5.41, 5.74) is -0.764. The number of aryl methyl sites for hydroxylation is 1. The highest BCUT2D eigenvalue weighted by molar-refractivity contribution is 6.35. The van der Waals surface area contributed by atoms with Gasteiger partial charge in [-0.05, 0) is 18.2 Å². The summed E-state index contributed by atoms with van der Waals surface area (Å²) in [6, 6.07) is 4.72. The largest absolute Gasteiger partial charge is 0.489 e. The van der Waals surface area contributed by atoms with E-state index in [-0.39, 0.29) is 43.4 Å². The Bertz CT molecular complexity index is 1190. The topological polar surface area (TPSA) is 124 Å². The highest BCUT2D eigenvalue weighted by Gasteiger charge is 2.21. The minimum Gasteiger partial charge on any atom is -0.489 e. The average Bonchev–Trinajstić information content (AvgIpc) is 3.06. The molecule has 30 heavy (non-hydrogen) atoms. The van der Waals surface area contributed by atoms with Gasteiger partial charge in [0.2, 0.25) is 5.95 Å². The van der Waals surface area contributed by atoms with Crippen molar-refractivity contribution in [2.24, 2.45) is 14.1 Å². The monoisotopic (exact) mass is 457 g/mol. The molecule has 2 heterocycles. The third-order valence-corrected chi connectivity index (χ3v) is 4.99. The van der Waals surface area contributed by atoms with E-state index in [9.17, 15) is 14.7 Å². The molecule has 0 aliphatic carbocycles. The Morgan fingerprint density at radius 3 is 2.63 bits per heavy atom. The summed E-state index contributed by atoms with van der Waals surface area (Å²) in [7, 11) is 2.86. The first-order valence-electron chi connectivity index (χ1n) is 9.01. The van der Waals surface area contributed by atoms with Crippen molar-refractivity contribution in [1.29, 1.82) is 0 Å². The van der Waals surface area contributed by atoms with Crippen LogP contribution in [-0.4, -0.2) is 54.8 Å². The molecule has 0 aliphatic heterocycles. The Kier molecular flexibility index (Phi) is 6.71. The van der Waals surface area contributed by atoms with Crippen LogP contribution in [0.5, 0.6) is 5.75 Å². The van der Waals surface area contributed by atoms with Crippen molar-refractivity contribution in [3.63, 3.8) is 0 Å². The molecule has 1 aromatic carbocycles. The number of rotatable bonds is 8. The molecule has 0 saturated heterocycles. The number of halogens is 2. The first kappa shape index (κ1) is 22.2. The maximum Gasteiger partial charge on any atom is 0.332 e. The third kappa shape index (κ3) is 4.31. The number of nitrogens with zero attached hydrogens (tertiary/aromatic N) is 4. The van der Waals surface area contributed by atoms with Gasteiger partial charge >= 0.3 is 5.69 Å². The van der Waals surface area contributed by atoms with Gasteiger partial charge in [0, 0.05) is 25.7 Å². The minimum absolute atomic E-state index is 0.0527. The molecular formula is C18H21Cl2N5O5. The lowest BCUT2D eigenvalue weighted by Crippen LogP contribution is -2.38. The van der Waals surface area contributed by atoms with Gasteiger partial charge in [0.15, 0.2) is 11.2 Å². The second kappa shape index (κ2) is 9.09. The van der Waals surface area contributed by atoms with Crippen LogP contribution in [0.4, 0.5) is 5.95 Å². The number of benzene rings is 1. The van der Waals surface area contributed by atoms with Crippen molar-refractivity contribution < 1.29 is 14.9 Å². The summed E-state index contributed by atoms with van der Waals surface area (Å²) >= 11 is 11.9. The molecule has 3 N–H and O–H groups in total. The van der Waals surface area contributed by atoms with Crippen LogP contribution < -0.4 is 21.3 Å². The van der Waals surface area contributed by atoms with Crippen LogP contribution in [0, 0.1) is 0 Å². The summed E-state index contributed by atoms with van der Waals surface area (Å²) < 4.78 is 9.23. The molecule has 0 bridgehead atoms. The number of anilines is 1. The van der Waals surface area contributed by atoms with E-state index in [0.717, 1.165) is 4.57 Å². The van der Waals surface area contributed by atoms with E-state index in [1.54, 1.807) is 12.1 Å². The number of nitrogens with one attached hydrogen (secondary N) is 1. The molecule has 3 aromatic rings. The fourth-order valence-corrected chi connectivity index (χ4v) is 3.43. The van der Waals surface area contributed by atoms with Crippen molar-refractivity contribution in [2.45, 2.75) is 12.6 Å². The normalized spacial score (nSPS) is 12.3. The molecule has 10 nitrogen and oxygen atoms in total. The van der Waals surface area contributed by atoms with E-state index in [0.29, 0.717) is 15.8 Å². The van der Waals surface area contributed by atoms with Gasteiger partial charge in [0.05, 0.1) is 18.2 Å². The molecule has 1 atom stereocenters. The maximum atomic E-state index is 12.7. The first-order chi connectivity index (χ1) is 14.2. The predicted octanol–water partition coefficient (Wildman–Crippen LogP) is 0.585. The van der Waals surface area contributed by atoms with Crippen LogP contribution in [0.3, 0.4) is 0 Å². The van der Waals surface area contributed by atoms with Gasteiger partial charge < -0.3 is 24.8 Å². The van der Waals surface area contributed by atoms with E-state index in [1.807, 2.05) is 0 Å². The molecule has 0 aliphatic rings. The Balaban J connectivity index is 1.93. The fourth-order valence-electron chi connectivity index (χ4n) is 2.97. The van der Waals surface area contributed by atoms with E-state index < -0.39 is 17.4 Å². The molecule has 0 spiro atoms. The minimum atomic E-state index is -1.04. The number of aromatic nitrogens is 4. The molecule has 162 valence electrons. The molecular weight excluding hydrogens is 437 g/mol. The summed E-state index contributed by atoms with van der Waals surface area (Å²) in [5, 5.41) is 23.3. The number of hydrogen-bond donors (Lipinski definition) is 3. The van der Waals surface area contributed by atoms with Crippen molar-refractivity contribution >= 4 is 40.3 Å². The van der Waals surface area contributed by atoms with Crippen LogP contribution in [0.15, 0.2) is 27.8 Å². The van der Waals surface area contributed by atoms with Gasteiger partial charge in [0.1, 0.15) is 18.5 Å². The zero-order chi connectivity index (χ0) is 22.0. The van der Waals surface area contributed by atoms with Crippen molar-refractivity contribution in [2.75, 3.05) is 25.1 Å². The molecule has 12 heteroatoms. The zero-order valence-corrected chi connectivity index (χ0v) is 17.8. The second-order valence-electron chi connectivity index (χ2n) is 6.61. The lowest BCUT2D eigenvalue weighted by atomic mass is 10.3. The van der Waals surface area contributed by atoms with Gasteiger partial charge in [0.25, 0.3) is 5.56 Å². The second-order valence-corrected chi connectivity index (χ2v) is 7.46. The number of aliphatic hydroxyl groups excluding tert-OH is 2. The van der Waals surface area contributed by atoms with Crippen LogP contribution in [0.2, 0.25) is 10.0 Å². The van der Waals surface area contributed by atoms with Crippen LogP contribution >= 0.6 is 23.2 Å². The maximum absolute atomic E-state index is 12.7. The van der Waals surface area contributed by atoms with Crippen LogP contribution in [0.1, 0.15) is 0 Å². The van der Waals surface area contributed by atoms with Gasteiger partial charge in [-0.2, -0.15) is 4.98 Å². The molecule has 0 unspecified atom stereocenters. The van der Waals surface area contributed by atoms with Crippen molar-refractivity contribution in [3.05, 3.63) is 49.1 Å². The van der Waals surface area contributed by atoms with Gasteiger partial charge in [-0.25, -0.2) is 4.79 Å². The van der Waals surface area contributed by atoms with Crippen molar-refractivity contribution in [3.8, 4) is 5.75 Å². The van der Waals surface area contributed by atoms with Crippen molar-refractivity contribution in [1.82, 2.24) is 18.7 Å². The molecule has 2 aromatic heterocycles. The molecule has 0 fully saturated rings. The highest BCUT2D eigenvalue weighted by atomic mass is 35.5. The molecule has 0 saturated carbocycles. The third-order valence-electron chi connectivity index (χ3n) is 4.46. The van der Waals surface area contributed by atoms with E-state index >= 15 is 0 Å². The molecule has 3 rings (SSSR count). The number of fused-ring (bicyclic) bond motifs is 1. The van der Waals surface area contributed by atoms with Gasteiger partial charge in [-0.1, -0.05) is 23.2 Å². The number of aliphatic hydroxyl groups is 2. The summed E-state index contributed by atoms with van der Waals surface area (Å²) in [6.45, 7) is -0.166. The van der Waals surface area contributed by atoms with Crippen LogP contribution in [0.25, 0.3) is 11.2 Å². The quantitative estimate of drug-likeness (QED) is 0.451. The Morgan fingerprint density at radius 2 is 1.97 bits per heavy atom. The Labute approximate surface area is 180 Å². The summed E-state index contributed by atoms with van der Waals surface area (Å²) in [4.78, 5) is 29.2. The number of ether oxygens (including phenoxy) is 1. The smallest absolute Gasteiger partial charge is 0.332 e. The Morgan fingerprint density at radius 1 is 1.23 bits per heavy atom. The van der Waals surface area contributed by atoms with E-state index in [4.69, 9.17) is 33.0 Å². The SMILES string of the molecule is Cn1c(=O)c2c(nc(NCCO)n2C[C@@H](O)COc2ccc(Cl)cc2Cl)n(C)c1=O. The zero-order valence-electron chi connectivity index (χ0n) is 16.3. The van der Waals surface area contributed by atoms with Gasteiger partial charge in [-0.3, -0.25) is 13.9 Å². The number of hydrogen-bond acceptors (Lipinski definition) is 7. The highest BCUT2D eigenvalue weighted by Crippen LogP contribution is 2.27. The lowest BCUT2D eigenvalue weighted by Gasteiger charge is -2.16. The average molecular weight is 458 g/mol. The predicted molar refractivity (Wildman–Crippen MR) is 114 cm³/mol. The van der Waals surface area contributed by atoms with Gasteiger partial charge in [-0.15, -0.1) is 0 Å². The fraction of sp³-hybridized carbons (Fsp3) is 0.389. The summed E-state index contributed by atoms with van der Waals surface area (Å²) in [5.74, 6) is 0.591. The number of imidazole rings is 1.